The Morgan fingerprint density at radius 2 is 1.82 bits per heavy atom. The minimum atomic E-state index is -0.592. The number of carbonyl (C=O) groups is 4. The van der Waals surface area contributed by atoms with E-state index in [2.05, 4.69) is 21.6 Å². The highest BCUT2D eigenvalue weighted by Gasteiger charge is 2.54. The Kier molecular flexibility index (Phi) is 6.87. The molecule has 4 aliphatic heterocycles. The van der Waals surface area contributed by atoms with E-state index in [1.807, 2.05) is 12.1 Å². The lowest BCUT2D eigenvalue weighted by Crippen LogP contribution is -2.52. The first-order valence-electron chi connectivity index (χ1n) is 14.2. The third-order valence-corrected chi connectivity index (χ3v) is 9.44. The van der Waals surface area contributed by atoms with Gasteiger partial charge in [0.15, 0.2) is 0 Å². The molecule has 1 aromatic rings. The fraction of sp³-hybridized carbons (Fsp3) is 0.533. The van der Waals surface area contributed by atoms with Crippen molar-refractivity contribution < 1.29 is 23.6 Å². The van der Waals surface area contributed by atoms with Gasteiger partial charge in [0.25, 0.3) is 5.91 Å². The van der Waals surface area contributed by atoms with Crippen LogP contribution < -0.4 is 10.6 Å². The molecule has 0 aromatic heterocycles. The Hall–Kier alpha value is -3.33. The zero-order chi connectivity index (χ0) is 27.1. The fourth-order valence-electron chi connectivity index (χ4n) is 7.17. The number of aryl methyl sites for hydroxylation is 1. The van der Waals surface area contributed by atoms with Gasteiger partial charge in [0.1, 0.15) is 11.9 Å². The molecule has 4 amide bonds. The van der Waals surface area contributed by atoms with Gasteiger partial charge in [-0.3, -0.25) is 24.5 Å². The number of allylic oxidation sites excluding steroid dienone is 4. The molecule has 5 aliphatic rings. The van der Waals surface area contributed by atoms with Crippen LogP contribution in [-0.2, 0) is 27.3 Å². The highest BCUT2D eigenvalue weighted by atomic mass is 19.1. The van der Waals surface area contributed by atoms with Crippen molar-refractivity contribution in [2.24, 2.45) is 11.3 Å². The average Bonchev–Trinajstić information content (AvgIpc) is 3.39. The number of carbonyl (C=O) groups excluding carboxylic acids is 4. The van der Waals surface area contributed by atoms with E-state index in [0.717, 1.165) is 75.0 Å². The van der Waals surface area contributed by atoms with Crippen molar-refractivity contribution in [2.75, 3.05) is 19.6 Å². The van der Waals surface area contributed by atoms with Gasteiger partial charge in [0.05, 0.1) is 5.41 Å². The molecule has 39 heavy (non-hydrogen) atoms. The molecule has 0 radical (unpaired) electrons. The average molecular weight is 535 g/mol. The van der Waals surface area contributed by atoms with E-state index in [-0.39, 0.29) is 41.8 Å². The van der Waals surface area contributed by atoms with E-state index >= 15 is 0 Å². The van der Waals surface area contributed by atoms with E-state index < -0.39 is 11.5 Å². The van der Waals surface area contributed by atoms with Crippen LogP contribution in [0.25, 0.3) is 0 Å². The van der Waals surface area contributed by atoms with E-state index in [0.29, 0.717) is 24.9 Å². The minimum Gasteiger partial charge on any atom is -0.329 e. The van der Waals surface area contributed by atoms with Crippen LogP contribution >= 0.6 is 0 Å². The highest BCUT2D eigenvalue weighted by molar-refractivity contribution is 6.05. The second kappa shape index (κ2) is 10.3. The molecular weight excluding hydrogens is 499 g/mol. The summed E-state index contributed by atoms with van der Waals surface area (Å²) in [6.45, 7) is 3.10. The van der Waals surface area contributed by atoms with Crippen LogP contribution in [0.2, 0.25) is 0 Å². The molecule has 9 heteroatoms. The van der Waals surface area contributed by atoms with Gasteiger partial charge in [-0.1, -0.05) is 18.6 Å². The van der Waals surface area contributed by atoms with Gasteiger partial charge in [0, 0.05) is 36.6 Å². The summed E-state index contributed by atoms with van der Waals surface area (Å²) in [6, 6.07) is 5.23. The molecule has 206 valence electrons. The number of likely N-dealkylation sites (tertiary alicyclic amines) is 1. The van der Waals surface area contributed by atoms with Gasteiger partial charge < -0.3 is 15.1 Å². The minimum absolute atomic E-state index is 0.0532. The molecule has 8 nitrogen and oxygen atoms in total. The summed E-state index contributed by atoms with van der Waals surface area (Å²) in [4.78, 5) is 53.8. The van der Waals surface area contributed by atoms with Gasteiger partial charge in [-0.05, 0) is 87.5 Å². The molecule has 0 bridgehead atoms. The van der Waals surface area contributed by atoms with E-state index in [4.69, 9.17) is 0 Å². The molecule has 2 unspecified atom stereocenters. The Balaban J connectivity index is 0.972. The van der Waals surface area contributed by atoms with E-state index in [9.17, 15) is 23.6 Å². The predicted molar refractivity (Wildman–Crippen MR) is 142 cm³/mol. The SMILES string of the molecule is O=C1CCC(N2Cc3c(CCCCCN4CCC5(CC4)C(=O)NC4=CC=C(F)CC45)cccc3C2=O)C(=O)N1. The number of piperidine rings is 2. The maximum atomic E-state index is 14.0. The molecule has 2 atom stereocenters. The second-order valence-electron chi connectivity index (χ2n) is 11.6. The van der Waals surface area contributed by atoms with Crippen molar-refractivity contribution >= 4 is 23.6 Å². The Bertz CT molecular complexity index is 1280. The van der Waals surface area contributed by atoms with Gasteiger partial charge >= 0.3 is 0 Å². The van der Waals surface area contributed by atoms with Crippen molar-refractivity contribution in [3.8, 4) is 0 Å². The smallest absolute Gasteiger partial charge is 0.255 e. The first-order chi connectivity index (χ1) is 18.9. The normalized spacial score (nSPS) is 26.2. The number of rotatable bonds is 7. The van der Waals surface area contributed by atoms with Crippen molar-refractivity contribution in [3.05, 3.63) is 58.6 Å². The standard InChI is InChI=1S/C30H35FN4O4/c31-20-8-9-24-23(17-20)30(29(39)32-24)12-15-34(16-13-30)14-3-1-2-5-19-6-4-7-21-22(19)18-35(28(21)38)25-10-11-26(36)33-27(25)37/h4,6-9,23,25H,1-3,5,10-18H2,(H,32,39)(H,33,36,37). The Morgan fingerprint density at radius 3 is 2.62 bits per heavy atom. The number of hydrogen-bond donors (Lipinski definition) is 2. The van der Waals surface area contributed by atoms with Crippen molar-refractivity contribution in [3.63, 3.8) is 0 Å². The van der Waals surface area contributed by atoms with E-state index in [1.165, 1.54) is 6.08 Å². The van der Waals surface area contributed by atoms with Gasteiger partial charge in [-0.2, -0.15) is 0 Å². The lowest BCUT2D eigenvalue weighted by atomic mass is 9.67. The van der Waals surface area contributed by atoms with Crippen molar-refractivity contribution in [2.45, 2.75) is 70.4 Å². The van der Waals surface area contributed by atoms with Crippen LogP contribution in [0.1, 0.15) is 72.9 Å². The maximum absolute atomic E-state index is 14.0. The third-order valence-electron chi connectivity index (χ3n) is 9.44. The lowest BCUT2D eigenvalue weighted by Gasteiger charge is -2.41. The van der Waals surface area contributed by atoms with Crippen LogP contribution in [-0.4, -0.2) is 59.1 Å². The molecular formula is C30H35FN4O4. The zero-order valence-electron chi connectivity index (χ0n) is 22.1. The number of fused-ring (bicyclic) bond motifs is 3. The Morgan fingerprint density at radius 1 is 1.00 bits per heavy atom. The largest absolute Gasteiger partial charge is 0.329 e. The van der Waals surface area contributed by atoms with Gasteiger partial charge in [-0.25, -0.2) is 4.39 Å². The van der Waals surface area contributed by atoms with Crippen LogP contribution in [0.15, 0.2) is 41.9 Å². The van der Waals surface area contributed by atoms with Gasteiger partial charge in [-0.15, -0.1) is 0 Å². The number of unbranched alkanes of at least 4 members (excludes halogenated alkanes) is 2. The van der Waals surface area contributed by atoms with Crippen LogP contribution in [0.4, 0.5) is 4.39 Å². The summed E-state index contributed by atoms with van der Waals surface area (Å²) in [6.07, 6.45) is 9.67. The van der Waals surface area contributed by atoms with E-state index in [1.54, 1.807) is 11.0 Å². The van der Waals surface area contributed by atoms with Crippen LogP contribution in [0.5, 0.6) is 0 Å². The van der Waals surface area contributed by atoms with Gasteiger partial charge in [0.2, 0.25) is 17.7 Å². The summed E-state index contributed by atoms with van der Waals surface area (Å²) < 4.78 is 14.0. The highest BCUT2D eigenvalue weighted by Crippen LogP contribution is 2.50. The van der Waals surface area contributed by atoms with Crippen molar-refractivity contribution in [1.29, 1.82) is 0 Å². The molecule has 2 N–H and O–H groups in total. The molecule has 1 aliphatic carbocycles. The van der Waals surface area contributed by atoms with Crippen LogP contribution in [0, 0.1) is 11.3 Å². The monoisotopic (exact) mass is 534 g/mol. The predicted octanol–water partition coefficient (Wildman–Crippen LogP) is 3.13. The number of imide groups is 1. The molecule has 1 aromatic carbocycles. The number of nitrogens with one attached hydrogen (secondary N) is 2. The molecule has 1 spiro atoms. The number of nitrogens with zero attached hydrogens (tertiary/aromatic N) is 2. The topological polar surface area (TPSA) is 98.8 Å². The summed E-state index contributed by atoms with van der Waals surface area (Å²) in [5.74, 6) is -0.925. The second-order valence-corrected chi connectivity index (χ2v) is 11.6. The van der Waals surface area contributed by atoms with Crippen LogP contribution in [0.3, 0.4) is 0 Å². The first kappa shape index (κ1) is 25.9. The molecule has 6 rings (SSSR count). The number of benzene rings is 1. The lowest BCUT2D eigenvalue weighted by molar-refractivity contribution is -0.137. The maximum Gasteiger partial charge on any atom is 0.255 e. The molecule has 3 fully saturated rings. The van der Waals surface area contributed by atoms with Crippen molar-refractivity contribution in [1.82, 2.24) is 20.4 Å². The quantitative estimate of drug-likeness (QED) is 0.414. The number of hydrogen-bond acceptors (Lipinski definition) is 5. The zero-order valence-corrected chi connectivity index (χ0v) is 22.1. The number of amides is 4. The third kappa shape index (κ3) is 4.71. The molecule has 3 saturated heterocycles. The Labute approximate surface area is 227 Å². The fourth-order valence-corrected chi connectivity index (χ4v) is 7.17. The number of halogens is 1. The summed E-state index contributed by atoms with van der Waals surface area (Å²) in [5, 5.41) is 5.37. The summed E-state index contributed by atoms with van der Waals surface area (Å²) in [7, 11) is 0. The molecule has 4 heterocycles. The first-order valence-corrected chi connectivity index (χ1v) is 14.2. The summed E-state index contributed by atoms with van der Waals surface area (Å²) >= 11 is 0. The summed E-state index contributed by atoms with van der Waals surface area (Å²) in [5.41, 5.74) is 3.23. The molecule has 0 saturated carbocycles.